The number of aliphatic hydroxyl groups excluding tert-OH is 1. The standard InChI is InChI=1S/C19H40O7/c1-21-9-3-11-23-13-5-15-25-17-7-19-26-18-6-16-24-14-4-12-22-10-2-8-20/h20H,2-19H2,1H3. The minimum absolute atomic E-state index is 0.188. The van der Waals surface area contributed by atoms with Crippen LogP contribution in [0.5, 0.6) is 0 Å². The molecule has 0 atom stereocenters. The molecule has 0 aliphatic carbocycles. The lowest BCUT2D eigenvalue weighted by atomic mass is 10.4. The monoisotopic (exact) mass is 380 g/mol. The van der Waals surface area contributed by atoms with Gasteiger partial charge in [-0.15, -0.1) is 0 Å². The molecule has 0 aromatic heterocycles. The molecule has 0 unspecified atom stereocenters. The number of ether oxygens (including phenoxy) is 6. The van der Waals surface area contributed by atoms with Crippen molar-refractivity contribution in [1.29, 1.82) is 0 Å². The highest BCUT2D eigenvalue weighted by molar-refractivity contribution is 4.41. The van der Waals surface area contributed by atoms with Crippen molar-refractivity contribution in [3.8, 4) is 0 Å². The molecule has 158 valence electrons. The molecule has 0 amide bonds. The van der Waals surface area contributed by atoms with Gasteiger partial charge in [-0.05, 0) is 38.5 Å². The summed E-state index contributed by atoms with van der Waals surface area (Å²) in [5.41, 5.74) is 0. The normalized spacial score (nSPS) is 11.3. The summed E-state index contributed by atoms with van der Waals surface area (Å²) in [6.45, 7) is 8.11. The maximum Gasteiger partial charge on any atom is 0.0488 e. The molecule has 0 aromatic carbocycles. The van der Waals surface area contributed by atoms with Gasteiger partial charge in [-0.2, -0.15) is 0 Å². The van der Waals surface area contributed by atoms with E-state index in [1.807, 2.05) is 0 Å². The maximum atomic E-state index is 8.60. The molecule has 0 bridgehead atoms. The van der Waals surface area contributed by atoms with Crippen LogP contribution in [0.1, 0.15) is 38.5 Å². The molecule has 26 heavy (non-hydrogen) atoms. The lowest BCUT2D eigenvalue weighted by molar-refractivity contribution is 0.0467. The van der Waals surface area contributed by atoms with Gasteiger partial charge < -0.3 is 33.5 Å². The van der Waals surface area contributed by atoms with Gasteiger partial charge in [0.05, 0.1) is 0 Å². The average molecular weight is 381 g/mol. The number of rotatable bonds is 23. The summed E-state index contributed by atoms with van der Waals surface area (Å²) in [6.07, 6.45) is 5.29. The number of methoxy groups -OCH3 is 1. The molecular weight excluding hydrogens is 340 g/mol. The largest absolute Gasteiger partial charge is 0.396 e. The first-order chi connectivity index (χ1) is 12.9. The second kappa shape index (κ2) is 24.7. The van der Waals surface area contributed by atoms with Crippen LogP contribution in [0.4, 0.5) is 0 Å². The van der Waals surface area contributed by atoms with Gasteiger partial charge in [0, 0.05) is 86.4 Å². The molecule has 0 aliphatic heterocycles. The quantitative estimate of drug-likeness (QED) is 0.272. The first kappa shape index (κ1) is 25.7. The Kier molecular flexibility index (Phi) is 24.5. The van der Waals surface area contributed by atoms with Crippen LogP contribution >= 0.6 is 0 Å². The number of hydrogen-bond acceptors (Lipinski definition) is 7. The van der Waals surface area contributed by atoms with Crippen molar-refractivity contribution in [2.45, 2.75) is 38.5 Å². The molecule has 0 heterocycles. The van der Waals surface area contributed by atoms with Gasteiger partial charge in [-0.25, -0.2) is 0 Å². The van der Waals surface area contributed by atoms with Crippen LogP contribution in [0.2, 0.25) is 0 Å². The van der Waals surface area contributed by atoms with E-state index in [0.29, 0.717) is 26.2 Å². The fourth-order valence-corrected chi connectivity index (χ4v) is 2.03. The Bertz CT molecular complexity index is 218. The third kappa shape index (κ3) is 23.7. The third-order valence-corrected chi connectivity index (χ3v) is 3.39. The molecule has 7 nitrogen and oxygen atoms in total. The lowest BCUT2D eigenvalue weighted by Gasteiger charge is -2.07. The molecule has 0 radical (unpaired) electrons. The number of aliphatic hydroxyl groups is 1. The van der Waals surface area contributed by atoms with Crippen molar-refractivity contribution >= 4 is 0 Å². The highest BCUT2D eigenvalue weighted by Crippen LogP contribution is 1.93. The molecular formula is C19H40O7. The topological polar surface area (TPSA) is 75.6 Å². The summed E-state index contributed by atoms with van der Waals surface area (Å²) in [5.74, 6) is 0. The molecule has 0 aliphatic rings. The molecule has 0 rings (SSSR count). The lowest BCUT2D eigenvalue weighted by Crippen LogP contribution is -2.07. The van der Waals surface area contributed by atoms with Crippen molar-refractivity contribution in [2.24, 2.45) is 0 Å². The van der Waals surface area contributed by atoms with E-state index in [9.17, 15) is 0 Å². The Morgan fingerprint density at radius 2 is 0.692 bits per heavy atom. The minimum atomic E-state index is 0.188. The fourth-order valence-electron chi connectivity index (χ4n) is 2.03. The van der Waals surface area contributed by atoms with Crippen molar-refractivity contribution in [3.63, 3.8) is 0 Å². The van der Waals surface area contributed by atoms with Crippen LogP contribution in [0.3, 0.4) is 0 Å². The van der Waals surface area contributed by atoms with Crippen LogP contribution in [0.15, 0.2) is 0 Å². The summed E-state index contributed by atoms with van der Waals surface area (Å²) >= 11 is 0. The van der Waals surface area contributed by atoms with Crippen LogP contribution in [-0.4, -0.2) is 91.5 Å². The van der Waals surface area contributed by atoms with E-state index in [2.05, 4.69) is 0 Å². The van der Waals surface area contributed by atoms with Gasteiger partial charge in [0.2, 0.25) is 0 Å². The van der Waals surface area contributed by atoms with E-state index in [-0.39, 0.29) is 6.61 Å². The highest BCUT2D eigenvalue weighted by atomic mass is 16.5. The SMILES string of the molecule is COCCCOCCCOCCCOCCCOCCCOCCCO. The van der Waals surface area contributed by atoms with Crippen molar-refractivity contribution in [1.82, 2.24) is 0 Å². The predicted molar refractivity (Wildman–Crippen MR) is 101 cm³/mol. The molecule has 0 saturated carbocycles. The van der Waals surface area contributed by atoms with Crippen LogP contribution in [-0.2, 0) is 28.4 Å². The van der Waals surface area contributed by atoms with E-state index >= 15 is 0 Å². The molecule has 0 fully saturated rings. The Morgan fingerprint density at radius 1 is 0.423 bits per heavy atom. The summed E-state index contributed by atoms with van der Waals surface area (Å²) in [4.78, 5) is 0. The second-order valence-electron chi connectivity index (χ2n) is 5.90. The second-order valence-corrected chi connectivity index (χ2v) is 5.90. The van der Waals surface area contributed by atoms with Crippen LogP contribution in [0.25, 0.3) is 0 Å². The summed E-state index contributed by atoms with van der Waals surface area (Å²) in [5, 5.41) is 8.60. The Balaban J connectivity index is 2.95. The van der Waals surface area contributed by atoms with E-state index in [0.717, 1.165) is 85.0 Å². The zero-order chi connectivity index (χ0) is 19.0. The van der Waals surface area contributed by atoms with Gasteiger partial charge in [-0.3, -0.25) is 0 Å². The molecule has 0 spiro atoms. The fraction of sp³-hybridized carbons (Fsp3) is 1.00. The summed E-state index contributed by atoms with van der Waals surface area (Å²) in [7, 11) is 1.70. The maximum absolute atomic E-state index is 8.60. The molecule has 7 heteroatoms. The Morgan fingerprint density at radius 3 is 0.962 bits per heavy atom. The van der Waals surface area contributed by atoms with Crippen molar-refractivity contribution in [3.05, 3.63) is 0 Å². The first-order valence-electron chi connectivity index (χ1n) is 9.90. The zero-order valence-electron chi connectivity index (χ0n) is 16.6. The van der Waals surface area contributed by atoms with E-state index in [1.165, 1.54) is 0 Å². The van der Waals surface area contributed by atoms with E-state index < -0.39 is 0 Å². The highest BCUT2D eigenvalue weighted by Gasteiger charge is 1.94. The molecule has 1 N–H and O–H groups in total. The van der Waals surface area contributed by atoms with Gasteiger partial charge in [0.1, 0.15) is 0 Å². The van der Waals surface area contributed by atoms with Gasteiger partial charge in [0.15, 0.2) is 0 Å². The van der Waals surface area contributed by atoms with Crippen LogP contribution < -0.4 is 0 Å². The molecule has 0 aromatic rings. The smallest absolute Gasteiger partial charge is 0.0488 e. The third-order valence-electron chi connectivity index (χ3n) is 3.39. The predicted octanol–water partition coefficient (Wildman–Crippen LogP) is 2.05. The van der Waals surface area contributed by atoms with E-state index in [1.54, 1.807) is 7.11 Å². The molecule has 0 saturated heterocycles. The van der Waals surface area contributed by atoms with Gasteiger partial charge in [-0.1, -0.05) is 0 Å². The number of hydrogen-bond donors (Lipinski definition) is 1. The van der Waals surface area contributed by atoms with Crippen LogP contribution in [0, 0.1) is 0 Å². The summed E-state index contributed by atoms with van der Waals surface area (Å²) in [6, 6.07) is 0. The van der Waals surface area contributed by atoms with E-state index in [4.69, 9.17) is 33.5 Å². The van der Waals surface area contributed by atoms with Gasteiger partial charge in [0.25, 0.3) is 0 Å². The summed E-state index contributed by atoms with van der Waals surface area (Å²) < 4.78 is 32.3. The zero-order valence-corrected chi connectivity index (χ0v) is 16.6. The van der Waals surface area contributed by atoms with Gasteiger partial charge >= 0.3 is 0 Å². The Hall–Kier alpha value is -0.280. The van der Waals surface area contributed by atoms with Crippen molar-refractivity contribution in [2.75, 3.05) is 86.4 Å². The van der Waals surface area contributed by atoms with Crippen molar-refractivity contribution < 1.29 is 33.5 Å². The first-order valence-corrected chi connectivity index (χ1v) is 9.90. The average Bonchev–Trinajstić information content (AvgIpc) is 2.66. The Labute approximate surface area is 159 Å². The minimum Gasteiger partial charge on any atom is -0.396 e.